The molecule has 1 aliphatic rings. The van der Waals surface area contributed by atoms with Crippen LogP contribution in [0.25, 0.3) is 11.5 Å². The summed E-state index contributed by atoms with van der Waals surface area (Å²) < 4.78 is 5.44. The van der Waals surface area contributed by atoms with Crippen molar-refractivity contribution in [1.29, 1.82) is 0 Å². The number of hydrogen-bond donors (Lipinski definition) is 1. The van der Waals surface area contributed by atoms with E-state index in [1.54, 1.807) is 6.20 Å². The van der Waals surface area contributed by atoms with Crippen LogP contribution in [0.15, 0.2) is 28.9 Å². The third-order valence-electron chi connectivity index (χ3n) is 3.64. The lowest BCUT2D eigenvalue weighted by molar-refractivity contribution is 0.332. The summed E-state index contributed by atoms with van der Waals surface area (Å²) in [6.45, 7) is 3.10. The molecule has 100 valence electrons. The van der Waals surface area contributed by atoms with Crippen LogP contribution in [0.1, 0.15) is 38.0 Å². The first-order valence-corrected chi connectivity index (χ1v) is 6.87. The van der Waals surface area contributed by atoms with Crippen molar-refractivity contribution in [3.63, 3.8) is 0 Å². The first-order valence-electron chi connectivity index (χ1n) is 6.87. The molecule has 5 nitrogen and oxygen atoms in total. The van der Waals surface area contributed by atoms with Crippen molar-refractivity contribution in [3.05, 3.63) is 30.3 Å². The molecule has 2 atom stereocenters. The Kier molecular flexibility index (Phi) is 3.55. The van der Waals surface area contributed by atoms with Crippen LogP contribution in [-0.2, 0) is 0 Å². The number of likely N-dealkylation sites (N-methyl/N-ethyl adjacent to an activating group) is 1. The second-order valence-corrected chi connectivity index (χ2v) is 4.87. The molecule has 1 N–H and O–H groups in total. The first kappa shape index (κ1) is 12.3. The van der Waals surface area contributed by atoms with E-state index in [0.29, 0.717) is 17.8 Å². The number of aromatic nitrogens is 3. The second kappa shape index (κ2) is 5.48. The Morgan fingerprint density at radius 2 is 2.32 bits per heavy atom. The van der Waals surface area contributed by atoms with E-state index in [1.165, 1.54) is 12.8 Å². The van der Waals surface area contributed by atoms with E-state index < -0.39 is 0 Å². The summed E-state index contributed by atoms with van der Waals surface area (Å²) in [7, 11) is 0. The number of hydrogen-bond acceptors (Lipinski definition) is 5. The molecule has 1 saturated carbocycles. The van der Waals surface area contributed by atoms with Gasteiger partial charge in [-0.15, -0.1) is 0 Å². The summed E-state index contributed by atoms with van der Waals surface area (Å²) in [5.41, 5.74) is 0.760. The highest BCUT2D eigenvalue weighted by molar-refractivity contribution is 5.47. The van der Waals surface area contributed by atoms with Gasteiger partial charge in [-0.3, -0.25) is 4.98 Å². The fourth-order valence-corrected chi connectivity index (χ4v) is 2.75. The van der Waals surface area contributed by atoms with E-state index in [9.17, 15) is 0 Å². The average Bonchev–Trinajstić information content (AvgIpc) is 3.08. The van der Waals surface area contributed by atoms with E-state index >= 15 is 0 Å². The van der Waals surface area contributed by atoms with Gasteiger partial charge in [0.2, 0.25) is 11.7 Å². The summed E-state index contributed by atoms with van der Waals surface area (Å²) >= 11 is 0. The lowest BCUT2D eigenvalue weighted by Crippen LogP contribution is -2.31. The summed E-state index contributed by atoms with van der Waals surface area (Å²) in [5.74, 6) is 1.66. The zero-order chi connectivity index (χ0) is 13.1. The summed E-state index contributed by atoms with van der Waals surface area (Å²) in [4.78, 5) is 8.76. The maximum absolute atomic E-state index is 5.44. The van der Waals surface area contributed by atoms with Crippen LogP contribution in [0.3, 0.4) is 0 Å². The Morgan fingerprint density at radius 3 is 3.11 bits per heavy atom. The summed E-state index contributed by atoms with van der Waals surface area (Å²) in [6, 6.07) is 6.16. The fraction of sp³-hybridized carbons (Fsp3) is 0.500. The van der Waals surface area contributed by atoms with Gasteiger partial charge in [-0.05, 0) is 31.5 Å². The normalized spacial score (nSPS) is 22.8. The predicted molar refractivity (Wildman–Crippen MR) is 71.6 cm³/mol. The molecule has 0 aromatic carbocycles. The van der Waals surface area contributed by atoms with Gasteiger partial charge in [-0.25, -0.2) is 0 Å². The molecule has 0 radical (unpaired) electrons. The van der Waals surface area contributed by atoms with Crippen LogP contribution < -0.4 is 5.32 Å². The topological polar surface area (TPSA) is 63.8 Å². The maximum atomic E-state index is 5.44. The van der Waals surface area contributed by atoms with Crippen molar-refractivity contribution >= 4 is 0 Å². The van der Waals surface area contributed by atoms with Crippen molar-refractivity contribution in [2.45, 2.75) is 38.1 Å². The maximum Gasteiger partial charge on any atom is 0.231 e. The number of pyridine rings is 1. The van der Waals surface area contributed by atoms with Gasteiger partial charge in [-0.2, -0.15) is 4.98 Å². The Labute approximate surface area is 112 Å². The summed E-state index contributed by atoms with van der Waals surface area (Å²) in [5, 5.41) is 7.55. The molecule has 5 heteroatoms. The highest BCUT2D eigenvalue weighted by atomic mass is 16.5. The second-order valence-electron chi connectivity index (χ2n) is 4.87. The molecule has 19 heavy (non-hydrogen) atoms. The molecule has 0 bridgehead atoms. The third-order valence-corrected chi connectivity index (χ3v) is 3.64. The van der Waals surface area contributed by atoms with Crippen molar-refractivity contribution in [2.24, 2.45) is 0 Å². The van der Waals surface area contributed by atoms with Crippen LogP contribution >= 0.6 is 0 Å². The van der Waals surface area contributed by atoms with Gasteiger partial charge >= 0.3 is 0 Å². The number of nitrogens with zero attached hydrogens (tertiary/aromatic N) is 3. The predicted octanol–water partition coefficient (Wildman–Crippen LogP) is 2.38. The molecular weight excluding hydrogens is 240 g/mol. The molecule has 1 fully saturated rings. The van der Waals surface area contributed by atoms with Gasteiger partial charge < -0.3 is 9.84 Å². The third kappa shape index (κ3) is 2.51. The van der Waals surface area contributed by atoms with Crippen molar-refractivity contribution in [3.8, 4) is 11.5 Å². The SMILES string of the molecule is CCNC1CCCC1c1nc(-c2ccccn2)no1. The van der Waals surface area contributed by atoms with Crippen LogP contribution in [0.5, 0.6) is 0 Å². The molecule has 2 aromatic heterocycles. The van der Waals surface area contributed by atoms with E-state index in [2.05, 4.69) is 27.4 Å². The Bertz CT molecular complexity index is 525. The lowest BCUT2D eigenvalue weighted by atomic mass is 10.0. The first-order chi connectivity index (χ1) is 9.38. The standard InChI is InChI=1S/C14H18N4O/c1-2-15-11-8-5-6-10(11)14-17-13(18-19-14)12-7-3-4-9-16-12/h3-4,7,9-11,15H,2,5-6,8H2,1H3. The molecule has 2 unspecified atom stereocenters. The van der Waals surface area contributed by atoms with Gasteiger partial charge in [0, 0.05) is 12.2 Å². The van der Waals surface area contributed by atoms with E-state index in [4.69, 9.17) is 4.52 Å². The molecular formula is C14H18N4O. The number of rotatable bonds is 4. The van der Waals surface area contributed by atoms with Crippen LogP contribution in [0.4, 0.5) is 0 Å². The van der Waals surface area contributed by atoms with E-state index in [1.807, 2.05) is 18.2 Å². The minimum absolute atomic E-state index is 0.338. The monoisotopic (exact) mass is 258 g/mol. The highest BCUT2D eigenvalue weighted by Gasteiger charge is 2.32. The van der Waals surface area contributed by atoms with Crippen molar-refractivity contribution in [1.82, 2.24) is 20.4 Å². The molecule has 0 spiro atoms. The molecule has 2 aromatic rings. The van der Waals surface area contributed by atoms with Crippen LogP contribution in [0, 0.1) is 0 Å². The van der Waals surface area contributed by atoms with Crippen LogP contribution in [-0.4, -0.2) is 27.7 Å². The molecule has 0 saturated heterocycles. The minimum atomic E-state index is 0.338. The molecule has 0 amide bonds. The lowest BCUT2D eigenvalue weighted by Gasteiger charge is -2.16. The average molecular weight is 258 g/mol. The van der Waals surface area contributed by atoms with Crippen LogP contribution in [0.2, 0.25) is 0 Å². The highest BCUT2D eigenvalue weighted by Crippen LogP contribution is 2.34. The summed E-state index contributed by atoms with van der Waals surface area (Å²) in [6.07, 6.45) is 5.24. The zero-order valence-corrected chi connectivity index (χ0v) is 11.0. The molecule has 2 heterocycles. The zero-order valence-electron chi connectivity index (χ0n) is 11.0. The van der Waals surface area contributed by atoms with E-state index in [0.717, 1.165) is 24.6 Å². The van der Waals surface area contributed by atoms with E-state index in [-0.39, 0.29) is 0 Å². The largest absolute Gasteiger partial charge is 0.339 e. The Morgan fingerprint density at radius 1 is 1.37 bits per heavy atom. The van der Waals surface area contributed by atoms with Crippen molar-refractivity contribution < 1.29 is 4.52 Å². The molecule has 3 rings (SSSR count). The quantitative estimate of drug-likeness (QED) is 0.912. The van der Waals surface area contributed by atoms with Gasteiger partial charge in [-0.1, -0.05) is 24.6 Å². The Hall–Kier alpha value is -1.75. The van der Waals surface area contributed by atoms with Gasteiger partial charge in [0.15, 0.2) is 0 Å². The van der Waals surface area contributed by atoms with Gasteiger partial charge in [0.1, 0.15) is 5.69 Å². The van der Waals surface area contributed by atoms with Crippen molar-refractivity contribution in [2.75, 3.05) is 6.54 Å². The fourth-order valence-electron chi connectivity index (χ4n) is 2.75. The smallest absolute Gasteiger partial charge is 0.231 e. The molecule has 0 aliphatic heterocycles. The number of nitrogens with one attached hydrogen (secondary N) is 1. The van der Waals surface area contributed by atoms with Gasteiger partial charge in [0.05, 0.1) is 5.92 Å². The van der Waals surface area contributed by atoms with Gasteiger partial charge in [0.25, 0.3) is 0 Å². The molecule has 1 aliphatic carbocycles. The minimum Gasteiger partial charge on any atom is -0.339 e. The Balaban J connectivity index is 1.81.